The van der Waals surface area contributed by atoms with Crippen LogP contribution in [0.4, 0.5) is 16.2 Å². The van der Waals surface area contributed by atoms with E-state index in [2.05, 4.69) is 36.7 Å². The molecule has 284 valence electrons. The van der Waals surface area contributed by atoms with Crippen molar-refractivity contribution in [1.82, 2.24) is 5.32 Å². The molecule has 5 rings (SSSR count). The molecule has 4 saturated carbocycles. The molecule has 0 bridgehead atoms. The third kappa shape index (κ3) is 8.90. The molecule has 1 aromatic rings. The van der Waals surface area contributed by atoms with Gasteiger partial charge < -0.3 is 30.7 Å². The van der Waals surface area contributed by atoms with Gasteiger partial charge in [-0.1, -0.05) is 20.8 Å². The summed E-state index contributed by atoms with van der Waals surface area (Å²) >= 11 is 0. The lowest BCUT2D eigenvalue weighted by molar-refractivity contribution is -0.174. The fourth-order valence-corrected chi connectivity index (χ4v) is 10.8. The van der Waals surface area contributed by atoms with Gasteiger partial charge in [-0.2, -0.15) is 0 Å². The van der Waals surface area contributed by atoms with Crippen LogP contribution >= 0.6 is 0 Å². The van der Waals surface area contributed by atoms with Crippen molar-refractivity contribution in [2.24, 2.45) is 46.3 Å². The van der Waals surface area contributed by atoms with E-state index in [1.54, 1.807) is 45.0 Å². The van der Waals surface area contributed by atoms with Crippen LogP contribution in [-0.4, -0.2) is 63.0 Å². The van der Waals surface area contributed by atoms with E-state index in [9.17, 15) is 34.5 Å². The average Bonchev–Trinajstić information content (AvgIpc) is 3.39. The van der Waals surface area contributed by atoms with Crippen molar-refractivity contribution in [2.45, 2.75) is 142 Å². The Balaban J connectivity index is 1.08. The summed E-state index contributed by atoms with van der Waals surface area (Å²) in [6.07, 6.45) is 7.45. The van der Waals surface area contributed by atoms with E-state index < -0.39 is 23.7 Å². The molecule has 0 aliphatic heterocycles. The molecule has 0 aromatic heterocycles. The molecule has 11 heteroatoms. The van der Waals surface area contributed by atoms with Crippen molar-refractivity contribution < 1.29 is 39.2 Å². The Morgan fingerprint density at radius 1 is 0.843 bits per heavy atom. The first-order valence-electron chi connectivity index (χ1n) is 19.2. The summed E-state index contributed by atoms with van der Waals surface area (Å²) < 4.78 is 5.24. The maximum atomic E-state index is 13.0. The molecule has 11 nitrogen and oxygen atoms in total. The van der Waals surface area contributed by atoms with Gasteiger partial charge in [-0.3, -0.25) is 14.9 Å². The first-order valence-corrected chi connectivity index (χ1v) is 19.2. The third-order valence-electron chi connectivity index (χ3n) is 13.3. The van der Waals surface area contributed by atoms with Gasteiger partial charge in [0.1, 0.15) is 11.6 Å². The van der Waals surface area contributed by atoms with E-state index in [0.717, 1.165) is 51.4 Å². The molecular formula is C40H61N3O8. The Bertz CT molecular complexity index is 1430. The summed E-state index contributed by atoms with van der Waals surface area (Å²) in [5, 5.41) is 39.7. The Hall–Kier alpha value is -3.18. The number of carboxylic acids is 1. The minimum atomic E-state index is -1.18. The first kappa shape index (κ1) is 39.0. The molecule has 0 heterocycles. The lowest BCUT2D eigenvalue weighted by atomic mass is 9.43. The molecule has 11 atom stereocenters. The number of hydrogen-bond donors (Lipinski definition) is 6. The number of ether oxygens (including phenoxy) is 1. The summed E-state index contributed by atoms with van der Waals surface area (Å²) in [6, 6.07) is 5.31. The maximum Gasteiger partial charge on any atom is 0.412 e. The van der Waals surface area contributed by atoms with E-state index in [4.69, 9.17) is 4.74 Å². The zero-order valence-electron chi connectivity index (χ0n) is 31.4. The van der Waals surface area contributed by atoms with Crippen LogP contribution in [0.5, 0.6) is 0 Å². The summed E-state index contributed by atoms with van der Waals surface area (Å²) in [7, 11) is 0. The van der Waals surface area contributed by atoms with E-state index >= 15 is 0 Å². The molecule has 11 unspecified atom stereocenters. The highest BCUT2D eigenvalue weighted by Gasteiger charge is 2.62. The molecule has 3 amide bonds. The number of rotatable bonds is 11. The van der Waals surface area contributed by atoms with Crippen molar-refractivity contribution in [1.29, 1.82) is 0 Å². The summed E-state index contributed by atoms with van der Waals surface area (Å²) in [4.78, 5) is 49.6. The number of fused-ring (bicyclic) bond motifs is 5. The maximum absolute atomic E-state index is 13.0. The summed E-state index contributed by atoms with van der Waals surface area (Å²) in [5.41, 5.74) is 0.633. The minimum Gasteiger partial charge on any atom is -0.480 e. The van der Waals surface area contributed by atoms with Crippen LogP contribution in [0, 0.1) is 46.3 Å². The van der Waals surface area contributed by atoms with Gasteiger partial charge in [0, 0.05) is 24.2 Å². The lowest BCUT2D eigenvalue weighted by Crippen LogP contribution is -2.58. The number of carbonyl (C=O) groups is 4. The third-order valence-corrected chi connectivity index (χ3v) is 13.3. The highest BCUT2D eigenvalue weighted by Crippen LogP contribution is 2.68. The fourth-order valence-electron chi connectivity index (χ4n) is 10.8. The number of aliphatic hydroxyl groups is 2. The van der Waals surface area contributed by atoms with Crippen LogP contribution in [-0.2, 0) is 19.1 Å². The van der Waals surface area contributed by atoms with Crippen molar-refractivity contribution in [3.05, 3.63) is 24.3 Å². The molecule has 0 saturated heterocycles. The Morgan fingerprint density at radius 2 is 1.45 bits per heavy atom. The Morgan fingerprint density at radius 3 is 2.10 bits per heavy atom. The molecule has 0 spiro atoms. The smallest absolute Gasteiger partial charge is 0.412 e. The summed E-state index contributed by atoms with van der Waals surface area (Å²) in [5.74, 6) is 0.422. The number of carboxylic acid groups (broad SMARTS) is 1. The van der Waals surface area contributed by atoms with Gasteiger partial charge in [-0.25, -0.2) is 9.59 Å². The average molecular weight is 712 g/mol. The van der Waals surface area contributed by atoms with Crippen LogP contribution in [0.3, 0.4) is 0 Å². The van der Waals surface area contributed by atoms with Crippen molar-refractivity contribution >= 4 is 35.3 Å². The largest absolute Gasteiger partial charge is 0.480 e. The number of aliphatic hydroxyl groups excluding tert-OH is 2. The number of nitrogens with one attached hydrogen (secondary N) is 3. The standard InChI is InChI=1S/C40H61N3O8/c1-23(28-12-13-29-35-30(18-20-40(28,29)6)39(5)19-17-27(44)21-24(39)22-32(35)45)7-15-34(47)43-31(36(48)49)14-16-33(46)41-25-8-10-26(11-9-25)42-37(50)51-38(2,3)4/h8-11,23-24,27-32,35,44-45H,7,12-22H2,1-6H3,(H,41,46)(H,42,50)(H,43,47)(H,48,49). The second-order valence-electron chi connectivity index (χ2n) is 17.7. The van der Waals surface area contributed by atoms with Crippen molar-refractivity contribution in [2.75, 3.05) is 10.6 Å². The van der Waals surface area contributed by atoms with E-state index in [1.165, 1.54) is 0 Å². The number of amides is 3. The summed E-state index contributed by atoms with van der Waals surface area (Å²) in [6.45, 7) is 12.4. The second-order valence-corrected chi connectivity index (χ2v) is 17.7. The zero-order chi connectivity index (χ0) is 37.3. The second kappa shape index (κ2) is 15.4. The van der Waals surface area contributed by atoms with Crippen LogP contribution in [0.2, 0.25) is 0 Å². The monoisotopic (exact) mass is 711 g/mol. The van der Waals surface area contributed by atoms with Crippen molar-refractivity contribution in [3.63, 3.8) is 0 Å². The van der Waals surface area contributed by atoms with Gasteiger partial charge in [0.05, 0.1) is 12.2 Å². The molecule has 1 aromatic carbocycles. The highest BCUT2D eigenvalue weighted by atomic mass is 16.6. The van der Waals surface area contributed by atoms with Crippen molar-refractivity contribution in [3.8, 4) is 0 Å². The molecule has 4 fully saturated rings. The molecule has 6 N–H and O–H groups in total. The van der Waals surface area contributed by atoms with Crippen LogP contribution in [0.1, 0.15) is 119 Å². The Labute approximate surface area is 303 Å². The van der Waals surface area contributed by atoms with E-state index in [1.807, 2.05) is 0 Å². The number of aliphatic carboxylic acids is 1. The SMILES string of the molecule is CC(CCC(=O)NC(CCC(=O)Nc1ccc(NC(=O)OC(C)(C)C)cc1)C(=O)O)C1CCC2C3C(O)CC4CC(O)CCC4(C)C3CCC12C. The lowest BCUT2D eigenvalue weighted by Gasteiger charge is -2.62. The van der Waals surface area contributed by atoms with Gasteiger partial charge in [0.2, 0.25) is 11.8 Å². The Kier molecular flexibility index (Phi) is 11.8. The predicted molar refractivity (Wildman–Crippen MR) is 195 cm³/mol. The number of carbonyl (C=O) groups excluding carboxylic acids is 3. The quantitative estimate of drug-likeness (QED) is 0.147. The first-order chi connectivity index (χ1) is 23.9. The van der Waals surface area contributed by atoms with E-state index in [0.29, 0.717) is 41.5 Å². The van der Waals surface area contributed by atoms with Crippen LogP contribution in [0.25, 0.3) is 0 Å². The number of hydrogen-bond acceptors (Lipinski definition) is 7. The normalized spacial score (nSPS) is 34.2. The van der Waals surface area contributed by atoms with Gasteiger partial charge in [-0.05, 0) is 156 Å². The zero-order valence-corrected chi connectivity index (χ0v) is 31.4. The topological polar surface area (TPSA) is 174 Å². The van der Waals surface area contributed by atoms with Gasteiger partial charge in [0.25, 0.3) is 0 Å². The molecule has 51 heavy (non-hydrogen) atoms. The minimum absolute atomic E-state index is 0.0489. The van der Waals surface area contributed by atoms with Crippen LogP contribution in [0.15, 0.2) is 24.3 Å². The fraction of sp³-hybridized carbons (Fsp3) is 0.750. The van der Waals surface area contributed by atoms with Gasteiger partial charge in [-0.15, -0.1) is 0 Å². The highest BCUT2D eigenvalue weighted by molar-refractivity contribution is 5.92. The number of benzene rings is 1. The molecule has 4 aliphatic carbocycles. The van der Waals surface area contributed by atoms with Gasteiger partial charge >= 0.3 is 12.1 Å². The van der Waals surface area contributed by atoms with E-state index in [-0.39, 0.29) is 66.0 Å². The number of anilines is 2. The van der Waals surface area contributed by atoms with Gasteiger partial charge in [0.15, 0.2) is 0 Å². The molecule has 4 aliphatic rings. The van der Waals surface area contributed by atoms with Crippen LogP contribution < -0.4 is 16.0 Å². The molecular weight excluding hydrogens is 650 g/mol. The predicted octanol–water partition coefficient (Wildman–Crippen LogP) is 6.73. The molecule has 0 radical (unpaired) electrons.